The van der Waals surface area contributed by atoms with Gasteiger partial charge in [-0.3, -0.25) is 4.90 Å². The first kappa shape index (κ1) is 12.1. The Morgan fingerprint density at radius 3 is 2.81 bits per heavy atom. The van der Waals surface area contributed by atoms with Crippen LogP contribution in [0.25, 0.3) is 0 Å². The SMILES string of the molecule is CC(NCC(C)N(C)C1CC1)c1cccs1. The highest BCUT2D eigenvalue weighted by Crippen LogP contribution is 2.27. The molecule has 0 radical (unpaired) electrons. The maximum Gasteiger partial charge on any atom is 0.0386 e. The van der Waals surface area contributed by atoms with E-state index in [-0.39, 0.29) is 0 Å². The summed E-state index contributed by atoms with van der Waals surface area (Å²) in [6, 6.07) is 6.30. The highest BCUT2D eigenvalue weighted by molar-refractivity contribution is 7.10. The van der Waals surface area contributed by atoms with Gasteiger partial charge in [-0.1, -0.05) is 6.07 Å². The van der Waals surface area contributed by atoms with Crippen molar-refractivity contribution in [2.24, 2.45) is 0 Å². The van der Waals surface area contributed by atoms with Crippen molar-refractivity contribution in [1.29, 1.82) is 0 Å². The minimum absolute atomic E-state index is 0.482. The summed E-state index contributed by atoms with van der Waals surface area (Å²) in [4.78, 5) is 3.94. The molecule has 3 heteroatoms. The van der Waals surface area contributed by atoms with Crippen molar-refractivity contribution >= 4 is 11.3 Å². The highest BCUT2D eigenvalue weighted by Gasteiger charge is 2.28. The van der Waals surface area contributed by atoms with Gasteiger partial charge in [0.25, 0.3) is 0 Å². The lowest BCUT2D eigenvalue weighted by atomic mass is 10.2. The van der Waals surface area contributed by atoms with Crippen molar-refractivity contribution in [2.45, 2.75) is 44.8 Å². The molecule has 1 saturated carbocycles. The number of nitrogens with one attached hydrogen (secondary N) is 1. The second-order valence-corrected chi connectivity index (χ2v) is 5.87. The predicted octanol–water partition coefficient (Wildman–Crippen LogP) is 2.88. The highest BCUT2D eigenvalue weighted by atomic mass is 32.1. The van der Waals surface area contributed by atoms with Crippen LogP contribution in [0.4, 0.5) is 0 Å². The van der Waals surface area contributed by atoms with Crippen molar-refractivity contribution in [3.05, 3.63) is 22.4 Å². The molecule has 0 saturated heterocycles. The molecular weight excluding hydrogens is 216 g/mol. The summed E-state index contributed by atoms with van der Waals surface area (Å²) in [6.07, 6.45) is 2.78. The van der Waals surface area contributed by atoms with Crippen LogP contribution >= 0.6 is 11.3 Å². The number of likely N-dealkylation sites (N-methyl/N-ethyl adjacent to an activating group) is 1. The van der Waals surface area contributed by atoms with Crippen LogP contribution in [0.1, 0.15) is 37.6 Å². The number of thiophene rings is 1. The molecule has 1 aliphatic rings. The lowest BCUT2D eigenvalue weighted by Gasteiger charge is -2.26. The van der Waals surface area contributed by atoms with E-state index in [1.807, 2.05) is 11.3 Å². The average Bonchev–Trinajstić information content (AvgIpc) is 2.99. The van der Waals surface area contributed by atoms with Gasteiger partial charge in [0.2, 0.25) is 0 Å². The Hall–Kier alpha value is -0.380. The molecule has 2 rings (SSSR count). The molecule has 1 aliphatic carbocycles. The van der Waals surface area contributed by atoms with E-state index in [0.29, 0.717) is 12.1 Å². The minimum Gasteiger partial charge on any atom is -0.308 e. The Labute approximate surface area is 103 Å². The van der Waals surface area contributed by atoms with Crippen LogP contribution in [0, 0.1) is 0 Å². The van der Waals surface area contributed by atoms with Crippen LogP contribution in [0.3, 0.4) is 0 Å². The summed E-state index contributed by atoms with van der Waals surface area (Å²) < 4.78 is 0. The Bertz CT molecular complexity index is 306. The maximum absolute atomic E-state index is 3.62. The van der Waals surface area contributed by atoms with E-state index in [1.165, 1.54) is 17.7 Å². The Morgan fingerprint density at radius 1 is 1.50 bits per heavy atom. The molecule has 1 N–H and O–H groups in total. The van der Waals surface area contributed by atoms with E-state index in [4.69, 9.17) is 0 Å². The second-order valence-electron chi connectivity index (χ2n) is 4.89. The van der Waals surface area contributed by atoms with Gasteiger partial charge in [0, 0.05) is 29.5 Å². The van der Waals surface area contributed by atoms with E-state index in [0.717, 1.165) is 12.6 Å². The van der Waals surface area contributed by atoms with E-state index in [1.54, 1.807) is 0 Å². The lowest BCUT2D eigenvalue weighted by molar-refractivity contribution is 0.237. The summed E-state index contributed by atoms with van der Waals surface area (Å²) in [5.41, 5.74) is 0. The third kappa shape index (κ3) is 3.06. The fraction of sp³-hybridized carbons (Fsp3) is 0.692. The number of nitrogens with zero attached hydrogens (tertiary/aromatic N) is 1. The van der Waals surface area contributed by atoms with Gasteiger partial charge in [-0.2, -0.15) is 0 Å². The summed E-state index contributed by atoms with van der Waals surface area (Å²) >= 11 is 1.83. The van der Waals surface area contributed by atoms with E-state index in [2.05, 4.69) is 48.6 Å². The average molecular weight is 238 g/mol. The van der Waals surface area contributed by atoms with Gasteiger partial charge >= 0.3 is 0 Å². The Kier molecular flexibility index (Phi) is 4.00. The molecule has 1 aromatic heterocycles. The topological polar surface area (TPSA) is 15.3 Å². The molecule has 0 aliphatic heterocycles. The van der Waals surface area contributed by atoms with Crippen molar-refractivity contribution in [1.82, 2.24) is 10.2 Å². The predicted molar refractivity (Wildman–Crippen MR) is 71.0 cm³/mol. The van der Waals surface area contributed by atoms with Crippen LogP contribution in [0.5, 0.6) is 0 Å². The first-order valence-electron chi connectivity index (χ1n) is 6.17. The molecule has 1 heterocycles. The van der Waals surface area contributed by atoms with Gasteiger partial charge in [-0.15, -0.1) is 11.3 Å². The van der Waals surface area contributed by atoms with Crippen molar-refractivity contribution in [3.8, 4) is 0 Å². The normalized spacial score (nSPS) is 20.0. The zero-order valence-electron chi connectivity index (χ0n) is 10.4. The zero-order valence-corrected chi connectivity index (χ0v) is 11.3. The second kappa shape index (κ2) is 5.30. The molecule has 1 aromatic rings. The molecule has 2 nitrogen and oxygen atoms in total. The molecule has 0 spiro atoms. The number of hydrogen-bond acceptors (Lipinski definition) is 3. The summed E-state index contributed by atoms with van der Waals surface area (Å²) in [5.74, 6) is 0. The van der Waals surface area contributed by atoms with Gasteiger partial charge in [-0.05, 0) is 45.2 Å². The molecule has 16 heavy (non-hydrogen) atoms. The maximum atomic E-state index is 3.62. The molecule has 2 unspecified atom stereocenters. The van der Waals surface area contributed by atoms with Crippen LogP contribution < -0.4 is 5.32 Å². The standard InChI is InChI=1S/C13H22N2S/c1-10(15(3)12-6-7-12)9-14-11(2)13-5-4-8-16-13/h4-5,8,10-12,14H,6-7,9H2,1-3H3. The van der Waals surface area contributed by atoms with Crippen LogP contribution in [0.2, 0.25) is 0 Å². The van der Waals surface area contributed by atoms with Crippen molar-refractivity contribution in [2.75, 3.05) is 13.6 Å². The third-order valence-corrected chi connectivity index (χ3v) is 4.56. The molecule has 0 bridgehead atoms. The monoisotopic (exact) mass is 238 g/mol. The van der Waals surface area contributed by atoms with Crippen LogP contribution in [-0.2, 0) is 0 Å². The first-order chi connectivity index (χ1) is 7.68. The fourth-order valence-corrected chi connectivity index (χ4v) is 2.73. The summed E-state index contributed by atoms with van der Waals surface area (Å²) in [6.45, 7) is 5.63. The smallest absolute Gasteiger partial charge is 0.0386 e. The van der Waals surface area contributed by atoms with Crippen molar-refractivity contribution in [3.63, 3.8) is 0 Å². The fourth-order valence-electron chi connectivity index (χ4n) is 1.97. The molecule has 1 fully saturated rings. The van der Waals surface area contributed by atoms with E-state index < -0.39 is 0 Å². The summed E-state index contributed by atoms with van der Waals surface area (Å²) in [7, 11) is 2.25. The van der Waals surface area contributed by atoms with E-state index in [9.17, 15) is 0 Å². The van der Waals surface area contributed by atoms with Gasteiger partial charge in [0.15, 0.2) is 0 Å². The molecule has 2 atom stereocenters. The third-order valence-electron chi connectivity index (χ3n) is 3.51. The molecular formula is C13H22N2S. The van der Waals surface area contributed by atoms with Gasteiger partial charge < -0.3 is 5.32 Å². The number of rotatable bonds is 6. The van der Waals surface area contributed by atoms with Crippen LogP contribution in [-0.4, -0.2) is 30.6 Å². The molecule has 0 amide bonds. The lowest BCUT2D eigenvalue weighted by Crippen LogP contribution is -2.39. The number of hydrogen-bond donors (Lipinski definition) is 1. The Morgan fingerprint density at radius 2 is 2.25 bits per heavy atom. The summed E-state index contributed by atoms with van der Waals surface area (Å²) in [5, 5.41) is 5.76. The quantitative estimate of drug-likeness (QED) is 0.820. The van der Waals surface area contributed by atoms with Crippen molar-refractivity contribution < 1.29 is 0 Å². The largest absolute Gasteiger partial charge is 0.308 e. The molecule has 90 valence electrons. The zero-order chi connectivity index (χ0) is 11.5. The van der Waals surface area contributed by atoms with E-state index >= 15 is 0 Å². The minimum atomic E-state index is 0.482. The van der Waals surface area contributed by atoms with Gasteiger partial charge in [0.1, 0.15) is 0 Å². The van der Waals surface area contributed by atoms with Gasteiger partial charge in [0.05, 0.1) is 0 Å². The first-order valence-corrected chi connectivity index (χ1v) is 7.05. The van der Waals surface area contributed by atoms with Gasteiger partial charge in [-0.25, -0.2) is 0 Å². The Balaban J connectivity index is 1.74. The molecule has 0 aromatic carbocycles. The van der Waals surface area contributed by atoms with Crippen LogP contribution in [0.15, 0.2) is 17.5 Å².